The second kappa shape index (κ2) is 10.5. The van der Waals surface area contributed by atoms with E-state index in [1.54, 1.807) is 31.2 Å². The summed E-state index contributed by atoms with van der Waals surface area (Å²) in [5.41, 5.74) is 3.51. The number of aliphatic hydroxyl groups is 1. The van der Waals surface area contributed by atoms with Crippen LogP contribution in [-0.4, -0.2) is 71.6 Å². The first-order valence-corrected chi connectivity index (χ1v) is 13.6. The number of aromatic nitrogens is 3. The molecule has 0 unspecified atom stereocenters. The van der Waals surface area contributed by atoms with E-state index in [4.69, 9.17) is 4.74 Å². The Balaban J connectivity index is 1.53. The fraction of sp³-hybridized carbons (Fsp3) is 0.423. The zero-order valence-corrected chi connectivity index (χ0v) is 21.9. The van der Waals surface area contributed by atoms with E-state index in [2.05, 4.69) is 14.9 Å². The fourth-order valence-electron chi connectivity index (χ4n) is 4.67. The molecule has 2 aromatic heterocycles. The maximum absolute atomic E-state index is 13.0. The number of hydrogen-bond acceptors (Lipinski definition) is 8. The van der Waals surface area contributed by atoms with Crippen LogP contribution in [0.25, 0.3) is 5.69 Å². The van der Waals surface area contributed by atoms with E-state index in [1.165, 1.54) is 13.2 Å². The van der Waals surface area contributed by atoms with Crippen molar-refractivity contribution < 1.29 is 23.1 Å². The highest BCUT2D eigenvalue weighted by Crippen LogP contribution is 2.25. The van der Waals surface area contributed by atoms with E-state index in [0.29, 0.717) is 55.4 Å². The third-order valence-corrected chi connectivity index (χ3v) is 8.19. The van der Waals surface area contributed by atoms with E-state index in [1.807, 2.05) is 24.5 Å². The molecule has 1 saturated heterocycles. The Kier molecular flexibility index (Phi) is 7.58. The summed E-state index contributed by atoms with van der Waals surface area (Å²) in [6.07, 6.45) is 1.10. The van der Waals surface area contributed by atoms with E-state index in [0.717, 1.165) is 17.1 Å². The number of benzene rings is 1. The molecule has 0 aliphatic carbocycles. The number of ether oxygens (including phenoxy) is 1. The number of aliphatic hydroxyl groups excluding tert-OH is 1. The van der Waals surface area contributed by atoms with Gasteiger partial charge in [-0.1, -0.05) is 0 Å². The molecule has 10 heteroatoms. The van der Waals surface area contributed by atoms with Crippen molar-refractivity contribution in [2.75, 3.05) is 26.7 Å². The molecule has 1 aliphatic rings. The lowest BCUT2D eigenvalue weighted by Crippen LogP contribution is -2.39. The normalized spacial score (nSPS) is 15.2. The number of hydrogen-bond donors (Lipinski definition) is 1. The lowest BCUT2D eigenvalue weighted by atomic mass is 10.1. The highest BCUT2D eigenvalue weighted by Gasteiger charge is 2.23. The molecule has 3 heterocycles. The van der Waals surface area contributed by atoms with E-state index in [9.17, 15) is 18.3 Å². The van der Waals surface area contributed by atoms with Crippen molar-refractivity contribution >= 4 is 15.6 Å². The van der Waals surface area contributed by atoms with E-state index >= 15 is 0 Å². The Morgan fingerprint density at radius 2 is 1.75 bits per heavy atom. The molecule has 0 atom stereocenters. The maximum atomic E-state index is 13.0. The molecular weight excluding hydrogens is 480 g/mol. The first-order valence-electron chi connectivity index (χ1n) is 11.9. The molecule has 9 nitrogen and oxygen atoms in total. The van der Waals surface area contributed by atoms with Crippen LogP contribution in [0.1, 0.15) is 46.1 Å². The SMILES string of the molecule is COc1cc(CS(=O)(=O)c2ccc(-n3c(C)cc(C(=O)CN4CCC(O)CC4)c3C)cc2)nc(C)n1. The van der Waals surface area contributed by atoms with Crippen LogP contribution in [0.5, 0.6) is 5.88 Å². The summed E-state index contributed by atoms with van der Waals surface area (Å²) in [4.78, 5) is 23.6. The average molecular weight is 513 g/mol. The number of methoxy groups -OCH3 is 1. The van der Waals surface area contributed by atoms with Crippen LogP contribution in [0, 0.1) is 20.8 Å². The van der Waals surface area contributed by atoms with Crippen LogP contribution in [0.3, 0.4) is 0 Å². The minimum absolute atomic E-state index is 0.0421. The van der Waals surface area contributed by atoms with Gasteiger partial charge in [0.05, 0.1) is 36.1 Å². The van der Waals surface area contributed by atoms with Gasteiger partial charge in [-0.3, -0.25) is 9.69 Å². The Labute approximate surface area is 211 Å². The largest absolute Gasteiger partial charge is 0.481 e. The molecule has 36 heavy (non-hydrogen) atoms. The number of rotatable bonds is 8. The first kappa shape index (κ1) is 26.0. The molecule has 0 radical (unpaired) electrons. The van der Waals surface area contributed by atoms with Crippen molar-refractivity contribution in [1.29, 1.82) is 0 Å². The molecule has 1 aromatic carbocycles. The predicted octanol–water partition coefficient (Wildman–Crippen LogP) is 2.81. The van der Waals surface area contributed by atoms with E-state index in [-0.39, 0.29) is 22.5 Å². The number of nitrogens with zero attached hydrogens (tertiary/aromatic N) is 4. The zero-order valence-electron chi connectivity index (χ0n) is 21.1. The summed E-state index contributed by atoms with van der Waals surface area (Å²) in [6.45, 7) is 7.25. The highest BCUT2D eigenvalue weighted by molar-refractivity contribution is 7.90. The molecule has 4 rings (SSSR count). The third kappa shape index (κ3) is 5.66. The van der Waals surface area contributed by atoms with Gasteiger partial charge in [0.25, 0.3) is 0 Å². The van der Waals surface area contributed by atoms with Gasteiger partial charge in [0.1, 0.15) is 5.82 Å². The highest BCUT2D eigenvalue weighted by atomic mass is 32.2. The number of likely N-dealkylation sites (tertiary alicyclic amines) is 1. The summed E-state index contributed by atoms with van der Waals surface area (Å²) < 4.78 is 33.1. The zero-order chi connectivity index (χ0) is 26.0. The molecule has 3 aromatic rings. The lowest BCUT2D eigenvalue weighted by molar-refractivity contribution is 0.0710. The van der Waals surface area contributed by atoms with Gasteiger partial charge in [0.15, 0.2) is 15.6 Å². The van der Waals surface area contributed by atoms with Crippen molar-refractivity contribution in [2.45, 2.75) is 50.4 Å². The van der Waals surface area contributed by atoms with Crippen LogP contribution in [-0.2, 0) is 15.6 Å². The number of ketones is 1. The van der Waals surface area contributed by atoms with Crippen LogP contribution >= 0.6 is 0 Å². The molecule has 0 amide bonds. The molecule has 192 valence electrons. The van der Waals surface area contributed by atoms with Gasteiger partial charge in [-0.25, -0.2) is 13.4 Å². The van der Waals surface area contributed by atoms with Crippen LogP contribution in [0.2, 0.25) is 0 Å². The summed E-state index contributed by atoms with van der Waals surface area (Å²) in [5, 5.41) is 9.70. The number of carbonyl (C=O) groups is 1. The van der Waals surface area contributed by atoms with Crippen molar-refractivity contribution in [2.24, 2.45) is 0 Å². The maximum Gasteiger partial charge on any atom is 0.216 e. The van der Waals surface area contributed by atoms with Gasteiger partial charge in [-0.05, 0) is 63.9 Å². The molecule has 1 N–H and O–H groups in total. The quantitative estimate of drug-likeness (QED) is 0.458. The summed E-state index contributed by atoms with van der Waals surface area (Å²) in [6, 6.07) is 10.1. The number of sulfone groups is 1. The lowest BCUT2D eigenvalue weighted by Gasteiger charge is -2.28. The molecule has 0 spiro atoms. The van der Waals surface area contributed by atoms with Crippen molar-refractivity contribution in [3.8, 4) is 11.6 Å². The molecule has 1 fully saturated rings. The average Bonchev–Trinajstić information content (AvgIpc) is 3.13. The topological polar surface area (TPSA) is 115 Å². The first-order chi connectivity index (χ1) is 17.1. The molecule has 1 aliphatic heterocycles. The predicted molar refractivity (Wildman–Crippen MR) is 135 cm³/mol. The van der Waals surface area contributed by atoms with Crippen molar-refractivity contribution in [3.63, 3.8) is 0 Å². The second-order valence-corrected chi connectivity index (χ2v) is 11.2. The van der Waals surface area contributed by atoms with Crippen molar-refractivity contribution in [3.05, 3.63) is 64.9 Å². The summed E-state index contributed by atoms with van der Waals surface area (Å²) in [5.74, 6) is 0.543. The van der Waals surface area contributed by atoms with Gasteiger partial charge < -0.3 is 14.4 Å². The van der Waals surface area contributed by atoms with Gasteiger partial charge >= 0.3 is 0 Å². The number of piperidine rings is 1. The smallest absolute Gasteiger partial charge is 0.216 e. The molecular formula is C26H32N4O5S. The summed E-state index contributed by atoms with van der Waals surface area (Å²) >= 11 is 0. The Bertz CT molecular complexity index is 1360. The van der Waals surface area contributed by atoms with Gasteiger partial charge in [0.2, 0.25) is 5.88 Å². The Hall–Kier alpha value is -3.08. The van der Waals surface area contributed by atoms with Crippen molar-refractivity contribution in [1.82, 2.24) is 19.4 Å². The van der Waals surface area contributed by atoms with Crippen LogP contribution < -0.4 is 4.74 Å². The van der Waals surface area contributed by atoms with Gasteiger partial charge in [-0.15, -0.1) is 0 Å². The van der Waals surface area contributed by atoms with Crippen LogP contribution in [0.15, 0.2) is 41.3 Å². The standard InChI is InChI=1S/C26H32N4O5S/c1-17-13-24(25(32)15-29-11-9-22(31)10-12-29)18(2)30(17)21-5-7-23(8-6-21)36(33,34)16-20-14-26(35-4)28-19(3)27-20/h5-8,13-14,22,31H,9-12,15-16H2,1-4H3. The molecule has 0 saturated carbocycles. The van der Waals surface area contributed by atoms with Gasteiger partial charge in [-0.2, -0.15) is 4.98 Å². The number of carbonyl (C=O) groups excluding carboxylic acids is 1. The Morgan fingerprint density at radius 3 is 2.39 bits per heavy atom. The van der Waals surface area contributed by atoms with Crippen LogP contribution in [0.4, 0.5) is 0 Å². The fourth-order valence-corrected chi connectivity index (χ4v) is 5.92. The number of aryl methyl sites for hydroxylation is 2. The monoisotopic (exact) mass is 512 g/mol. The molecule has 0 bridgehead atoms. The minimum atomic E-state index is -3.64. The van der Waals surface area contributed by atoms with E-state index < -0.39 is 9.84 Å². The minimum Gasteiger partial charge on any atom is -0.481 e. The number of Topliss-reactive ketones (excluding diaryl/α,β-unsaturated/α-hetero) is 1. The third-order valence-electron chi connectivity index (χ3n) is 6.52. The van der Waals surface area contributed by atoms with Gasteiger partial charge in [0, 0.05) is 41.8 Å². The second-order valence-electron chi connectivity index (χ2n) is 9.25. The Morgan fingerprint density at radius 1 is 1.08 bits per heavy atom. The summed E-state index contributed by atoms with van der Waals surface area (Å²) in [7, 11) is -2.16.